The molecule has 2 aromatic carbocycles. The van der Waals surface area contributed by atoms with Gasteiger partial charge < -0.3 is 15.4 Å². The molecule has 1 spiro atoms. The van der Waals surface area contributed by atoms with Gasteiger partial charge in [0.05, 0.1) is 17.8 Å². The van der Waals surface area contributed by atoms with Crippen molar-refractivity contribution >= 4 is 34.8 Å². The van der Waals surface area contributed by atoms with Crippen molar-refractivity contribution in [2.75, 3.05) is 18.6 Å². The van der Waals surface area contributed by atoms with Gasteiger partial charge in [-0.15, -0.1) is 0 Å². The predicted molar refractivity (Wildman–Crippen MR) is 99.6 cm³/mol. The number of methoxy groups -OCH3 is 1. The Labute approximate surface area is 156 Å². The smallest absolute Gasteiger partial charge is 0.248 e. The fraction of sp³-hybridized carbons (Fsp3) is 0.316. The SMILES string of the molecule is COc1c(Cl)ccc2c1N(C(=O)C(N)c1ccc(Cl)cc1)CC21CC1. The van der Waals surface area contributed by atoms with Gasteiger partial charge in [0.15, 0.2) is 5.75 Å². The second-order valence-electron chi connectivity index (χ2n) is 6.71. The predicted octanol–water partition coefficient (Wildman–Crippen LogP) is 4.08. The fourth-order valence-electron chi connectivity index (χ4n) is 3.65. The molecule has 2 N–H and O–H groups in total. The Balaban J connectivity index is 1.74. The monoisotopic (exact) mass is 376 g/mol. The molecule has 1 fully saturated rings. The molecule has 25 heavy (non-hydrogen) atoms. The Kier molecular flexibility index (Phi) is 3.95. The molecular formula is C19H18Cl2N2O2. The molecular weight excluding hydrogens is 359 g/mol. The van der Waals surface area contributed by atoms with Crippen LogP contribution in [-0.4, -0.2) is 19.6 Å². The molecule has 1 atom stereocenters. The number of hydrogen-bond acceptors (Lipinski definition) is 3. The highest BCUT2D eigenvalue weighted by Crippen LogP contribution is 2.60. The third-order valence-electron chi connectivity index (χ3n) is 5.20. The minimum absolute atomic E-state index is 0.0303. The first-order valence-corrected chi connectivity index (χ1v) is 8.92. The Morgan fingerprint density at radius 1 is 1.20 bits per heavy atom. The molecule has 1 unspecified atom stereocenters. The van der Waals surface area contributed by atoms with E-state index in [-0.39, 0.29) is 11.3 Å². The number of nitrogens with zero attached hydrogens (tertiary/aromatic N) is 1. The summed E-state index contributed by atoms with van der Waals surface area (Å²) in [5.74, 6) is 0.382. The molecule has 6 heteroatoms. The van der Waals surface area contributed by atoms with Gasteiger partial charge in [0.25, 0.3) is 0 Å². The fourth-order valence-corrected chi connectivity index (χ4v) is 4.01. The van der Waals surface area contributed by atoms with Crippen LogP contribution in [0.5, 0.6) is 5.75 Å². The van der Waals surface area contributed by atoms with Crippen LogP contribution in [0.25, 0.3) is 0 Å². The quantitative estimate of drug-likeness (QED) is 0.877. The molecule has 1 aliphatic carbocycles. The maximum atomic E-state index is 13.2. The maximum Gasteiger partial charge on any atom is 0.248 e. The first kappa shape index (κ1) is 16.7. The summed E-state index contributed by atoms with van der Waals surface area (Å²) in [6, 6.07) is 10.1. The molecule has 2 aliphatic rings. The lowest BCUT2D eigenvalue weighted by Gasteiger charge is -2.24. The average Bonchev–Trinajstić information content (AvgIpc) is 3.31. The van der Waals surface area contributed by atoms with Gasteiger partial charge in [0.1, 0.15) is 6.04 Å². The number of hydrogen-bond donors (Lipinski definition) is 1. The van der Waals surface area contributed by atoms with Crippen LogP contribution in [0.15, 0.2) is 36.4 Å². The lowest BCUT2D eigenvalue weighted by molar-refractivity contribution is -0.119. The Hall–Kier alpha value is -1.75. The van der Waals surface area contributed by atoms with Crippen molar-refractivity contribution in [3.63, 3.8) is 0 Å². The molecule has 1 saturated carbocycles. The molecule has 0 radical (unpaired) electrons. The first-order chi connectivity index (χ1) is 12.0. The van der Waals surface area contributed by atoms with Crippen molar-refractivity contribution in [3.05, 3.63) is 57.6 Å². The second kappa shape index (κ2) is 5.90. The first-order valence-electron chi connectivity index (χ1n) is 8.16. The zero-order valence-electron chi connectivity index (χ0n) is 13.8. The van der Waals surface area contributed by atoms with E-state index in [0.717, 1.165) is 29.7 Å². The molecule has 2 aromatic rings. The van der Waals surface area contributed by atoms with Crippen LogP contribution in [0.1, 0.15) is 30.0 Å². The Morgan fingerprint density at radius 3 is 2.48 bits per heavy atom. The number of nitrogens with two attached hydrogens (primary N) is 1. The Bertz CT molecular complexity index is 847. The number of carbonyl (C=O) groups is 1. The molecule has 130 valence electrons. The van der Waals surface area contributed by atoms with E-state index >= 15 is 0 Å². The van der Waals surface area contributed by atoms with Gasteiger partial charge in [-0.25, -0.2) is 0 Å². The van der Waals surface area contributed by atoms with Gasteiger partial charge in [-0.2, -0.15) is 0 Å². The van der Waals surface area contributed by atoms with E-state index in [1.54, 1.807) is 36.3 Å². The number of anilines is 1. The van der Waals surface area contributed by atoms with E-state index in [4.69, 9.17) is 33.7 Å². The van der Waals surface area contributed by atoms with Gasteiger partial charge in [-0.05, 0) is 42.2 Å². The third-order valence-corrected chi connectivity index (χ3v) is 5.75. The van der Waals surface area contributed by atoms with E-state index in [1.807, 2.05) is 12.1 Å². The highest BCUT2D eigenvalue weighted by molar-refractivity contribution is 6.33. The van der Waals surface area contributed by atoms with Crippen LogP contribution in [0.2, 0.25) is 10.0 Å². The summed E-state index contributed by atoms with van der Waals surface area (Å²) in [5, 5.41) is 1.11. The van der Waals surface area contributed by atoms with E-state index in [9.17, 15) is 4.79 Å². The van der Waals surface area contributed by atoms with Crippen LogP contribution in [0.3, 0.4) is 0 Å². The number of amides is 1. The molecule has 1 heterocycles. The highest BCUT2D eigenvalue weighted by Gasteiger charge is 2.54. The van der Waals surface area contributed by atoms with Crippen molar-refractivity contribution in [2.24, 2.45) is 5.73 Å². The number of rotatable bonds is 3. The molecule has 0 bridgehead atoms. The van der Waals surface area contributed by atoms with Gasteiger partial charge >= 0.3 is 0 Å². The third kappa shape index (κ3) is 2.60. The topological polar surface area (TPSA) is 55.6 Å². The van der Waals surface area contributed by atoms with Crippen LogP contribution in [-0.2, 0) is 10.2 Å². The van der Waals surface area contributed by atoms with Crippen LogP contribution >= 0.6 is 23.2 Å². The number of halogens is 2. The zero-order chi connectivity index (χ0) is 17.8. The number of benzene rings is 2. The summed E-state index contributed by atoms with van der Waals surface area (Å²) in [7, 11) is 1.57. The second-order valence-corrected chi connectivity index (χ2v) is 7.55. The summed E-state index contributed by atoms with van der Waals surface area (Å²) in [5.41, 5.74) is 8.91. The van der Waals surface area contributed by atoms with Crippen molar-refractivity contribution < 1.29 is 9.53 Å². The maximum absolute atomic E-state index is 13.2. The van der Waals surface area contributed by atoms with E-state index in [0.29, 0.717) is 22.3 Å². The summed E-state index contributed by atoms with van der Waals surface area (Å²) in [4.78, 5) is 14.9. The standard InChI is InChI=1S/C19H18Cl2N2O2/c1-25-17-14(21)7-6-13-16(17)23(10-19(13)8-9-19)18(24)15(22)11-2-4-12(20)5-3-11/h2-7,15H,8-10,22H2,1H3. The molecule has 4 nitrogen and oxygen atoms in total. The molecule has 0 aromatic heterocycles. The molecule has 0 saturated heterocycles. The number of fused-ring (bicyclic) bond motifs is 2. The van der Waals surface area contributed by atoms with Crippen LogP contribution in [0, 0.1) is 0 Å². The molecule has 4 rings (SSSR count). The van der Waals surface area contributed by atoms with Gasteiger partial charge in [0, 0.05) is 17.0 Å². The summed E-state index contributed by atoms with van der Waals surface area (Å²) in [6.45, 7) is 0.624. The molecule has 1 aliphatic heterocycles. The number of carbonyl (C=O) groups excluding carboxylic acids is 1. The molecule has 1 amide bonds. The van der Waals surface area contributed by atoms with E-state index < -0.39 is 6.04 Å². The summed E-state index contributed by atoms with van der Waals surface area (Å²) < 4.78 is 5.51. The van der Waals surface area contributed by atoms with Gasteiger partial charge in [0.2, 0.25) is 5.91 Å². The minimum atomic E-state index is -0.761. The van der Waals surface area contributed by atoms with Crippen molar-refractivity contribution in [1.82, 2.24) is 0 Å². The Morgan fingerprint density at radius 2 is 1.88 bits per heavy atom. The lowest BCUT2D eigenvalue weighted by Crippen LogP contribution is -2.39. The van der Waals surface area contributed by atoms with Gasteiger partial charge in [-0.3, -0.25) is 4.79 Å². The average molecular weight is 377 g/mol. The minimum Gasteiger partial charge on any atom is -0.493 e. The van der Waals surface area contributed by atoms with E-state index in [2.05, 4.69) is 0 Å². The zero-order valence-corrected chi connectivity index (χ0v) is 15.3. The van der Waals surface area contributed by atoms with Crippen LogP contribution in [0.4, 0.5) is 5.69 Å². The van der Waals surface area contributed by atoms with Gasteiger partial charge in [-0.1, -0.05) is 41.4 Å². The van der Waals surface area contributed by atoms with E-state index in [1.165, 1.54) is 0 Å². The van der Waals surface area contributed by atoms with Crippen molar-refractivity contribution in [3.8, 4) is 5.75 Å². The summed E-state index contributed by atoms with van der Waals surface area (Å²) >= 11 is 12.2. The number of ether oxygens (including phenoxy) is 1. The summed E-state index contributed by atoms with van der Waals surface area (Å²) in [6.07, 6.45) is 2.12. The van der Waals surface area contributed by atoms with Crippen molar-refractivity contribution in [2.45, 2.75) is 24.3 Å². The highest BCUT2D eigenvalue weighted by atomic mass is 35.5. The normalized spacial score (nSPS) is 18.2. The largest absolute Gasteiger partial charge is 0.493 e. The van der Waals surface area contributed by atoms with Crippen LogP contribution < -0.4 is 15.4 Å². The lowest BCUT2D eigenvalue weighted by atomic mass is 9.98. The van der Waals surface area contributed by atoms with Crippen molar-refractivity contribution in [1.29, 1.82) is 0 Å².